The van der Waals surface area contributed by atoms with Gasteiger partial charge in [0.05, 0.1) is 11.3 Å². The van der Waals surface area contributed by atoms with E-state index >= 15 is 0 Å². The van der Waals surface area contributed by atoms with E-state index < -0.39 is 11.5 Å². The van der Waals surface area contributed by atoms with E-state index in [4.69, 9.17) is 7.85 Å². The van der Waals surface area contributed by atoms with Gasteiger partial charge in [0.25, 0.3) is 5.91 Å². The standard InChI is InChI=1S/C9H8BBrN2O4/c10-8(15)2-7-6(1-5(11)3-12-7)9(16,17)13(8)4-14/h1,3-4,15-17H,2H2. The van der Waals surface area contributed by atoms with E-state index in [0.717, 1.165) is 0 Å². The van der Waals surface area contributed by atoms with Gasteiger partial charge in [0.15, 0.2) is 0 Å². The molecular weight excluding hydrogens is 291 g/mol. The van der Waals surface area contributed by atoms with Crippen molar-refractivity contribution in [2.45, 2.75) is 18.0 Å². The molecule has 0 spiro atoms. The summed E-state index contributed by atoms with van der Waals surface area (Å²) in [5.74, 6) is -2.70. The van der Waals surface area contributed by atoms with E-state index in [-0.39, 0.29) is 24.1 Å². The van der Waals surface area contributed by atoms with Crippen LogP contribution in [0.25, 0.3) is 0 Å². The van der Waals surface area contributed by atoms with Crippen molar-refractivity contribution in [3.8, 4) is 0 Å². The first kappa shape index (κ1) is 12.5. The Kier molecular flexibility index (Phi) is 2.77. The SMILES string of the molecule is [B]C1(O)Cc2ncc(Br)cc2C(O)(O)N1C=O. The topological polar surface area (TPSA) is 93.9 Å². The van der Waals surface area contributed by atoms with E-state index in [1.165, 1.54) is 12.3 Å². The van der Waals surface area contributed by atoms with Crippen molar-refractivity contribution in [2.24, 2.45) is 0 Å². The summed E-state index contributed by atoms with van der Waals surface area (Å²) in [7, 11) is 5.44. The van der Waals surface area contributed by atoms with E-state index in [0.29, 0.717) is 9.37 Å². The Balaban J connectivity index is 2.64. The number of aromatic nitrogens is 1. The smallest absolute Gasteiger partial charge is 0.280 e. The van der Waals surface area contributed by atoms with Gasteiger partial charge in [0, 0.05) is 17.1 Å². The van der Waals surface area contributed by atoms with Crippen LogP contribution in [-0.4, -0.2) is 45.1 Å². The highest BCUT2D eigenvalue weighted by molar-refractivity contribution is 9.10. The first-order chi connectivity index (χ1) is 7.79. The lowest BCUT2D eigenvalue weighted by Crippen LogP contribution is -2.63. The van der Waals surface area contributed by atoms with Gasteiger partial charge in [-0.05, 0) is 22.0 Å². The van der Waals surface area contributed by atoms with Crippen LogP contribution >= 0.6 is 15.9 Å². The third kappa shape index (κ3) is 1.87. The van der Waals surface area contributed by atoms with Gasteiger partial charge in [-0.15, -0.1) is 0 Å². The number of carbonyl (C=O) groups excluding carboxylic acids is 1. The molecule has 0 aromatic carbocycles. The maximum Gasteiger partial charge on any atom is 0.280 e. The van der Waals surface area contributed by atoms with E-state index in [1.54, 1.807) is 0 Å². The molecule has 3 N–H and O–H groups in total. The molecule has 88 valence electrons. The van der Waals surface area contributed by atoms with Crippen LogP contribution < -0.4 is 0 Å². The van der Waals surface area contributed by atoms with Gasteiger partial charge in [-0.3, -0.25) is 14.7 Å². The highest BCUT2D eigenvalue weighted by Crippen LogP contribution is 2.36. The second-order valence-corrected chi connectivity index (χ2v) is 4.73. The highest BCUT2D eigenvalue weighted by Gasteiger charge is 2.49. The van der Waals surface area contributed by atoms with Gasteiger partial charge in [0.1, 0.15) is 13.5 Å². The average molecular weight is 299 g/mol. The van der Waals surface area contributed by atoms with Crippen LogP contribution in [0.1, 0.15) is 11.3 Å². The Morgan fingerprint density at radius 3 is 2.76 bits per heavy atom. The van der Waals surface area contributed by atoms with Crippen LogP contribution in [0, 0.1) is 0 Å². The maximum atomic E-state index is 10.8. The van der Waals surface area contributed by atoms with Gasteiger partial charge in [-0.1, -0.05) is 0 Å². The van der Waals surface area contributed by atoms with Gasteiger partial charge in [-0.25, -0.2) is 0 Å². The summed E-state index contributed by atoms with van der Waals surface area (Å²) in [4.78, 5) is 15.1. The van der Waals surface area contributed by atoms with Crippen LogP contribution in [0.15, 0.2) is 16.7 Å². The van der Waals surface area contributed by atoms with Crippen molar-refractivity contribution in [2.75, 3.05) is 0 Å². The molecule has 2 rings (SSSR count). The molecule has 1 aromatic heterocycles. The number of fused-ring (bicyclic) bond motifs is 1. The van der Waals surface area contributed by atoms with E-state index in [1.807, 2.05) is 0 Å². The number of nitrogens with zero attached hydrogens (tertiary/aromatic N) is 2. The van der Waals surface area contributed by atoms with Crippen molar-refractivity contribution in [3.05, 3.63) is 28.0 Å². The van der Waals surface area contributed by atoms with Crippen molar-refractivity contribution in [1.29, 1.82) is 0 Å². The molecule has 1 atom stereocenters. The summed E-state index contributed by atoms with van der Waals surface area (Å²) in [6.45, 7) is 0. The molecule has 1 aliphatic rings. The molecule has 0 aliphatic carbocycles. The second-order valence-electron chi connectivity index (χ2n) is 3.81. The third-order valence-electron chi connectivity index (χ3n) is 2.58. The Labute approximate surface area is 106 Å². The predicted molar refractivity (Wildman–Crippen MR) is 60.4 cm³/mol. The van der Waals surface area contributed by atoms with Crippen molar-refractivity contribution in [3.63, 3.8) is 0 Å². The summed E-state index contributed by atoms with van der Waals surface area (Å²) >= 11 is 3.13. The molecule has 8 heteroatoms. The summed E-state index contributed by atoms with van der Waals surface area (Å²) in [5, 5.41) is 29.6. The lowest BCUT2D eigenvalue weighted by atomic mass is 9.79. The fourth-order valence-electron chi connectivity index (χ4n) is 1.79. The van der Waals surface area contributed by atoms with Crippen LogP contribution in [0.5, 0.6) is 0 Å². The molecule has 2 heterocycles. The number of hydrogen-bond donors (Lipinski definition) is 3. The quantitative estimate of drug-likeness (QED) is 0.343. The fraction of sp³-hybridized carbons (Fsp3) is 0.333. The van der Waals surface area contributed by atoms with Crippen molar-refractivity contribution in [1.82, 2.24) is 9.88 Å². The predicted octanol–water partition coefficient (Wildman–Crippen LogP) is -1.23. The number of hydrogen-bond acceptors (Lipinski definition) is 5. The van der Waals surface area contributed by atoms with Crippen LogP contribution in [-0.2, 0) is 17.1 Å². The molecule has 0 fully saturated rings. The zero-order chi connectivity index (χ0) is 12.8. The first-order valence-electron chi connectivity index (χ1n) is 4.64. The molecule has 1 aromatic rings. The van der Waals surface area contributed by atoms with Crippen LogP contribution in [0.4, 0.5) is 0 Å². The van der Waals surface area contributed by atoms with Gasteiger partial charge in [-0.2, -0.15) is 0 Å². The number of aliphatic hydroxyl groups is 3. The minimum atomic E-state index is -2.70. The van der Waals surface area contributed by atoms with E-state index in [9.17, 15) is 20.1 Å². The van der Waals surface area contributed by atoms with Crippen LogP contribution in [0.2, 0.25) is 0 Å². The Morgan fingerprint density at radius 1 is 1.53 bits per heavy atom. The summed E-state index contributed by atoms with van der Waals surface area (Å²) < 4.78 is 0.511. The molecule has 1 amide bonds. The van der Waals surface area contributed by atoms with Crippen molar-refractivity contribution >= 4 is 30.2 Å². The summed E-state index contributed by atoms with van der Waals surface area (Å²) in [5.41, 5.74) is -1.99. The minimum absolute atomic E-state index is 0.00546. The molecule has 2 radical (unpaired) electrons. The first-order valence-corrected chi connectivity index (χ1v) is 5.44. The number of amides is 1. The Bertz CT molecular complexity index is 480. The maximum absolute atomic E-state index is 10.8. The number of pyridine rings is 1. The Hall–Kier alpha value is -0.955. The second kappa shape index (κ2) is 3.77. The number of carbonyl (C=O) groups is 1. The summed E-state index contributed by atoms with van der Waals surface area (Å²) in [6.07, 6.45) is 1.31. The lowest BCUT2D eigenvalue weighted by Gasteiger charge is -2.46. The van der Waals surface area contributed by atoms with Gasteiger partial charge < -0.3 is 15.3 Å². The number of halogens is 1. The minimum Gasteiger partial charge on any atom is -0.380 e. The van der Waals surface area contributed by atoms with Gasteiger partial charge >= 0.3 is 0 Å². The molecule has 0 bridgehead atoms. The molecule has 17 heavy (non-hydrogen) atoms. The van der Waals surface area contributed by atoms with Gasteiger partial charge in [0.2, 0.25) is 6.41 Å². The molecule has 6 nitrogen and oxygen atoms in total. The Morgan fingerprint density at radius 2 is 2.18 bits per heavy atom. The average Bonchev–Trinajstić information content (AvgIpc) is 2.18. The van der Waals surface area contributed by atoms with Crippen molar-refractivity contribution < 1.29 is 20.1 Å². The highest BCUT2D eigenvalue weighted by atomic mass is 79.9. The van der Waals surface area contributed by atoms with E-state index in [2.05, 4.69) is 20.9 Å². The molecule has 0 saturated carbocycles. The fourth-order valence-corrected chi connectivity index (χ4v) is 2.13. The summed E-state index contributed by atoms with van der Waals surface area (Å²) in [6, 6.07) is 1.40. The molecule has 1 unspecified atom stereocenters. The number of rotatable bonds is 1. The largest absolute Gasteiger partial charge is 0.380 e. The third-order valence-corrected chi connectivity index (χ3v) is 3.02. The molecule has 1 aliphatic heterocycles. The normalized spacial score (nSPS) is 26.5. The molecular formula is C9H8BBrN2O4. The monoisotopic (exact) mass is 298 g/mol. The van der Waals surface area contributed by atoms with Crippen LogP contribution in [0.3, 0.4) is 0 Å². The zero-order valence-electron chi connectivity index (χ0n) is 8.54. The zero-order valence-corrected chi connectivity index (χ0v) is 10.1. The molecule has 0 saturated heterocycles. The lowest BCUT2D eigenvalue weighted by molar-refractivity contribution is -0.307.